The summed E-state index contributed by atoms with van der Waals surface area (Å²) in [6.45, 7) is 18.3. The van der Waals surface area contributed by atoms with E-state index in [1.165, 1.54) is 30.9 Å². The van der Waals surface area contributed by atoms with E-state index in [0.29, 0.717) is 0 Å². The molecule has 0 amide bonds. The van der Waals surface area contributed by atoms with E-state index in [1.807, 2.05) is 12.3 Å². The smallest absolute Gasteiger partial charge is 0.0543 e. The largest absolute Gasteiger partial charge is 0.298 e. The van der Waals surface area contributed by atoms with E-state index in [0.717, 1.165) is 6.54 Å². The van der Waals surface area contributed by atoms with Crippen LogP contribution in [0.15, 0.2) is 24.4 Å². The topological polar surface area (TPSA) is 16.1 Å². The maximum atomic E-state index is 4.49. The van der Waals surface area contributed by atoms with Crippen LogP contribution in [0, 0.1) is 0 Å². The van der Waals surface area contributed by atoms with Gasteiger partial charge in [-0.05, 0) is 37.3 Å². The molecule has 0 atom stereocenters. The molecule has 0 spiro atoms. The van der Waals surface area contributed by atoms with Crippen LogP contribution in [0.3, 0.4) is 0 Å². The Kier molecular flexibility index (Phi) is 6.62. The molecule has 1 aromatic heterocycles. The number of hydrogen-bond donors (Lipinski definition) is 0. The molecule has 1 aromatic rings. The molecule has 0 N–H and O–H groups in total. The Bertz CT molecular complexity index is 362. The molecule has 0 radical (unpaired) electrons. The average molecular weight is 309 g/mol. The molecule has 0 saturated carbocycles. The quantitative estimate of drug-likeness (QED) is 0.654. The lowest BCUT2D eigenvalue weighted by Crippen LogP contribution is -2.35. The fraction of sp³-hybridized carbons (Fsp3) is 0.688. The van der Waals surface area contributed by atoms with Crippen molar-refractivity contribution in [2.75, 3.05) is 13.1 Å². The second-order valence-corrected chi connectivity index (χ2v) is 19.5. The van der Waals surface area contributed by atoms with Crippen LogP contribution in [-0.4, -0.2) is 39.1 Å². The molecule has 0 aliphatic heterocycles. The van der Waals surface area contributed by atoms with Crippen molar-refractivity contribution in [3.63, 3.8) is 0 Å². The summed E-state index contributed by atoms with van der Waals surface area (Å²) in [6, 6.07) is 9.00. The van der Waals surface area contributed by atoms with Gasteiger partial charge in [-0.1, -0.05) is 45.3 Å². The highest BCUT2D eigenvalue weighted by atomic mass is 28.3. The molecule has 20 heavy (non-hydrogen) atoms. The molecule has 1 heterocycles. The zero-order valence-corrected chi connectivity index (χ0v) is 16.2. The van der Waals surface area contributed by atoms with Gasteiger partial charge in [0.2, 0.25) is 0 Å². The maximum Gasteiger partial charge on any atom is 0.0543 e. The molecule has 0 unspecified atom stereocenters. The Morgan fingerprint density at radius 2 is 1.45 bits per heavy atom. The SMILES string of the molecule is C[Si](C)(C)CCN(CC[Si](C)(C)C)Cc1ccccn1. The van der Waals surface area contributed by atoms with Crippen molar-refractivity contribution >= 4 is 16.1 Å². The zero-order valence-electron chi connectivity index (χ0n) is 14.2. The highest BCUT2D eigenvalue weighted by Crippen LogP contribution is 2.14. The molecule has 1 rings (SSSR count). The number of hydrogen-bond acceptors (Lipinski definition) is 2. The molecule has 0 aromatic carbocycles. The summed E-state index contributed by atoms with van der Waals surface area (Å²) in [7, 11) is -1.93. The van der Waals surface area contributed by atoms with Gasteiger partial charge >= 0.3 is 0 Å². The van der Waals surface area contributed by atoms with Gasteiger partial charge < -0.3 is 0 Å². The second-order valence-electron chi connectivity index (χ2n) is 8.22. The van der Waals surface area contributed by atoms with Crippen LogP contribution in [0.25, 0.3) is 0 Å². The van der Waals surface area contributed by atoms with E-state index in [4.69, 9.17) is 0 Å². The van der Waals surface area contributed by atoms with Gasteiger partial charge in [-0.3, -0.25) is 9.88 Å². The third kappa shape index (κ3) is 8.66. The minimum absolute atomic E-state index is 0.963. The Morgan fingerprint density at radius 3 is 1.85 bits per heavy atom. The average Bonchev–Trinajstić information content (AvgIpc) is 2.32. The monoisotopic (exact) mass is 308 g/mol. The zero-order chi connectivity index (χ0) is 15.2. The van der Waals surface area contributed by atoms with E-state index < -0.39 is 16.1 Å². The normalized spacial score (nSPS) is 12.9. The van der Waals surface area contributed by atoms with Gasteiger partial charge in [-0.25, -0.2) is 0 Å². The summed E-state index contributed by atoms with van der Waals surface area (Å²) in [5, 5.41) is 0. The highest BCUT2D eigenvalue weighted by molar-refractivity contribution is 6.76. The minimum atomic E-state index is -0.963. The third-order valence-corrected chi connectivity index (χ3v) is 6.92. The Labute approximate surface area is 127 Å². The maximum absolute atomic E-state index is 4.49. The summed E-state index contributed by atoms with van der Waals surface area (Å²) in [5.41, 5.74) is 1.21. The number of rotatable bonds is 8. The van der Waals surface area contributed by atoms with Crippen LogP contribution in [-0.2, 0) is 6.54 Å². The molecule has 0 fully saturated rings. The van der Waals surface area contributed by atoms with Crippen molar-refractivity contribution in [2.45, 2.75) is 57.9 Å². The van der Waals surface area contributed by atoms with Gasteiger partial charge in [0, 0.05) is 28.9 Å². The lowest BCUT2D eigenvalue weighted by atomic mass is 10.3. The van der Waals surface area contributed by atoms with E-state index in [9.17, 15) is 0 Å². The first kappa shape index (κ1) is 17.6. The predicted molar refractivity (Wildman–Crippen MR) is 95.8 cm³/mol. The van der Waals surface area contributed by atoms with Crippen molar-refractivity contribution in [3.8, 4) is 0 Å². The van der Waals surface area contributed by atoms with E-state index >= 15 is 0 Å². The van der Waals surface area contributed by atoms with Gasteiger partial charge in [0.1, 0.15) is 0 Å². The molecule has 0 aliphatic rings. The van der Waals surface area contributed by atoms with Crippen LogP contribution in [0.4, 0.5) is 0 Å². The van der Waals surface area contributed by atoms with Crippen molar-refractivity contribution in [1.82, 2.24) is 9.88 Å². The molecular weight excluding hydrogens is 276 g/mol. The van der Waals surface area contributed by atoms with Gasteiger partial charge in [-0.2, -0.15) is 0 Å². The second kappa shape index (κ2) is 7.52. The molecule has 0 saturated heterocycles. The predicted octanol–water partition coefficient (Wildman–Crippen LogP) is 4.56. The Hall–Kier alpha value is -0.456. The Morgan fingerprint density at radius 1 is 0.900 bits per heavy atom. The first-order valence-corrected chi connectivity index (χ1v) is 15.2. The molecule has 4 heteroatoms. The van der Waals surface area contributed by atoms with Crippen LogP contribution in [0.5, 0.6) is 0 Å². The van der Waals surface area contributed by atoms with Crippen LogP contribution in [0.1, 0.15) is 5.69 Å². The molecule has 114 valence electrons. The Balaban J connectivity index is 2.59. The highest BCUT2D eigenvalue weighted by Gasteiger charge is 2.19. The van der Waals surface area contributed by atoms with Gasteiger partial charge in [0.25, 0.3) is 0 Å². The van der Waals surface area contributed by atoms with Gasteiger partial charge in [0.05, 0.1) is 5.69 Å². The molecular formula is C16H32N2Si2. The number of nitrogens with zero attached hydrogens (tertiary/aromatic N) is 2. The van der Waals surface area contributed by atoms with Gasteiger partial charge in [-0.15, -0.1) is 0 Å². The lowest BCUT2D eigenvalue weighted by Gasteiger charge is -2.28. The summed E-state index contributed by atoms with van der Waals surface area (Å²) in [4.78, 5) is 7.11. The first-order valence-electron chi connectivity index (χ1n) is 7.78. The summed E-state index contributed by atoms with van der Waals surface area (Å²) in [6.07, 6.45) is 1.91. The fourth-order valence-electron chi connectivity index (χ4n) is 1.98. The third-order valence-electron chi connectivity index (χ3n) is 3.47. The van der Waals surface area contributed by atoms with Crippen LogP contribution in [0.2, 0.25) is 51.4 Å². The molecule has 0 bridgehead atoms. The summed E-state index contributed by atoms with van der Waals surface area (Å²) < 4.78 is 0. The lowest BCUT2D eigenvalue weighted by molar-refractivity contribution is 0.290. The van der Waals surface area contributed by atoms with Crippen molar-refractivity contribution in [1.29, 1.82) is 0 Å². The molecule has 0 aliphatic carbocycles. The van der Waals surface area contributed by atoms with E-state index in [-0.39, 0.29) is 0 Å². The number of aromatic nitrogens is 1. The van der Waals surface area contributed by atoms with Gasteiger partial charge in [0.15, 0.2) is 0 Å². The van der Waals surface area contributed by atoms with Crippen molar-refractivity contribution in [3.05, 3.63) is 30.1 Å². The molecule has 2 nitrogen and oxygen atoms in total. The van der Waals surface area contributed by atoms with Crippen LogP contribution >= 0.6 is 0 Å². The number of pyridine rings is 1. The van der Waals surface area contributed by atoms with Crippen molar-refractivity contribution in [2.24, 2.45) is 0 Å². The fourth-order valence-corrected chi connectivity index (χ4v) is 3.95. The van der Waals surface area contributed by atoms with E-state index in [2.05, 4.69) is 61.3 Å². The first-order chi connectivity index (χ1) is 9.16. The van der Waals surface area contributed by atoms with Crippen molar-refractivity contribution < 1.29 is 0 Å². The van der Waals surface area contributed by atoms with E-state index in [1.54, 1.807) is 0 Å². The standard InChI is InChI=1S/C16H32N2Si2/c1-19(2,3)13-11-18(12-14-20(4,5)6)15-16-9-7-8-10-17-16/h7-10H,11-15H2,1-6H3. The minimum Gasteiger partial charge on any atom is -0.298 e. The summed E-state index contributed by atoms with van der Waals surface area (Å²) >= 11 is 0. The summed E-state index contributed by atoms with van der Waals surface area (Å²) in [5.74, 6) is 0. The van der Waals surface area contributed by atoms with Crippen LogP contribution < -0.4 is 0 Å².